The van der Waals surface area contributed by atoms with Crippen LogP contribution in [0.5, 0.6) is 0 Å². The van der Waals surface area contributed by atoms with Crippen molar-refractivity contribution in [3.05, 3.63) is 28.8 Å². The summed E-state index contributed by atoms with van der Waals surface area (Å²) in [6, 6.07) is 4.88. The Hall–Kier alpha value is -0.650. The summed E-state index contributed by atoms with van der Waals surface area (Å²) in [5.74, 6) is 0. The SMILES string of the molecule is CCOP(=S)(OCC)N(C(=O)O)c1ccc(Cl)cc1C. The van der Waals surface area contributed by atoms with Gasteiger partial charge in [0.15, 0.2) is 0 Å². The molecule has 8 heteroatoms. The number of anilines is 1. The quantitative estimate of drug-likeness (QED) is 0.778. The van der Waals surface area contributed by atoms with E-state index < -0.39 is 12.7 Å². The van der Waals surface area contributed by atoms with Crippen LogP contribution in [0.1, 0.15) is 19.4 Å². The lowest BCUT2D eigenvalue weighted by Gasteiger charge is -2.31. The lowest BCUT2D eigenvalue weighted by atomic mass is 10.2. The van der Waals surface area contributed by atoms with Crippen molar-refractivity contribution in [3.63, 3.8) is 0 Å². The fourth-order valence-corrected chi connectivity index (χ4v) is 4.66. The Labute approximate surface area is 128 Å². The van der Waals surface area contributed by atoms with Crippen molar-refractivity contribution >= 4 is 41.8 Å². The van der Waals surface area contributed by atoms with Crippen LogP contribution in [-0.2, 0) is 20.9 Å². The molecule has 1 rings (SSSR count). The molecule has 0 atom stereocenters. The Bertz CT molecular complexity index is 530. The van der Waals surface area contributed by atoms with E-state index >= 15 is 0 Å². The molecule has 0 saturated heterocycles. The molecular weight excluding hydrogens is 321 g/mol. The highest BCUT2D eigenvalue weighted by atomic mass is 35.5. The van der Waals surface area contributed by atoms with Gasteiger partial charge in [0.25, 0.3) is 6.64 Å². The highest BCUT2D eigenvalue weighted by Gasteiger charge is 2.34. The van der Waals surface area contributed by atoms with Gasteiger partial charge in [0.2, 0.25) is 0 Å². The van der Waals surface area contributed by atoms with Crippen molar-refractivity contribution in [2.75, 3.05) is 17.9 Å². The van der Waals surface area contributed by atoms with Gasteiger partial charge in [-0.1, -0.05) is 11.6 Å². The maximum atomic E-state index is 11.6. The summed E-state index contributed by atoms with van der Waals surface area (Å²) in [6.45, 7) is 2.67. The van der Waals surface area contributed by atoms with Gasteiger partial charge in [-0.3, -0.25) is 0 Å². The highest BCUT2D eigenvalue weighted by Crippen LogP contribution is 2.55. The molecule has 112 valence electrons. The Morgan fingerprint density at radius 3 is 2.35 bits per heavy atom. The van der Waals surface area contributed by atoms with Gasteiger partial charge >= 0.3 is 6.09 Å². The van der Waals surface area contributed by atoms with Crippen LogP contribution >= 0.6 is 18.2 Å². The summed E-state index contributed by atoms with van der Waals surface area (Å²) in [6.07, 6.45) is -1.21. The van der Waals surface area contributed by atoms with E-state index in [1.165, 1.54) is 0 Å². The van der Waals surface area contributed by atoms with E-state index in [2.05, 4.69) is 0 Å². The van der Waals surface area contributed by atoms with Crippen molar-refractivity contribution in [2.24, 2.45) is 0 Å². The van der Waals surface area contributed by atoms with Gasteiger partial charge in [0, 0.05) is 5.02 Å². The topological polar surface area (TPSA) is 59.0 Å². The van der Waals surface area contributed by atoms with Crippen LogP contribution < -0.4 is 4.67 Å². The third-order valence-corrected chi connectivity index (χ3v) is 5.80. The second kappa shape index (κ2) is 7.38. The first kappa shape index (κ1) is 17.4. The summed E-state index contributed by atoms with van der Waals surface area (Å²) in [5.41, 5.74) is 1.11. The number of hydrogen-bond acceptors (Lipinski definition) is 4. The van der Waals surface area contributed by atoms with Gasteiger partial charge in [0.05, 0.1) is 18.9 Å². The Kier molecular flexibility index (Phi) is 6.43. The molecule has 0 aromatic heterocycles. The number of benzene rings is 1. The van der Waals surface area contributed by atoms with E-state index in [-0.39, 0.29) is 13.2 Å². The molecule has 0 aliphatic rings. The fraction of sp³-hybridized carbons (Fsp3) is 0.417. The summed E-state index contributed by atoms with van der Waals surface area (Å²) >= 11 is 11.2. The number of aryl methyl sites for hydroxylation is 1. The minimum Gasteiger partial charge on any atom is -0.464 e. The number of rotatable bonds is 6. The first-order chi connectivity index (χ1) is 9.35. The Morgan fingerprint density at radius 1 is 1.40 bits per heavy atom. The molecule has 0 heterocycles. The monoisotopic (exact) mass is 337 g/mol. The van der Waals surface area contributed by atoms with Gasteiger partial charge < -0.3 is 14.2 Å². The van der Waals surface area contributed by atoms with Crippen LogP contribution in [0.2, 0.25) is 5.02 Å². The Balaban J connectivity index is 3.35. The molecule has 1 N–H and O–H groups in total. The van der Waals surface area contributed by atoms with Crippen molar-refractivity contribution in [1.82, 2.24) is 0 Å². The van der Waals surface area contributed by atoms with Crippen LogP contribution in [0.3, 0.4) is 0 Å². The van der Waals surface area contributed by atoms with Crippen LogP contribution in [0.25, 0.3) is 0 Å². The lowest BCUT2D eigenvalue weighted by molar-refractivity contribution is 0.201. The minimum atomic E-state index is -3.13. The first-order valence-corrected chi connectivity index (χ1v) is 9.01. The van der Waals surface area contributed by atoms with Crippen molar-refractivity contribution in [1.29, 1.82) is 0 Å². The van der Waals surface area contributed by atoms with Crippen molar-refractivity contribution in [2.45, 2.75) is 20.8 Å². The standard InChI is InChI=1S/C12H17ClNO4PS/c1-4-17-19(20,18-5-2)14(12(15)16)11-7-6-10(13)8-9(11)3/h6-8H,4-5H2,1-3H3,(H,15,16). The molecule has 5 nitrogen and oxygen atoms in total. The normalized spacial score (nSPS) is 11.4. The number of carbonyl (C=O) groups is 1. The predicted octanol–water partition coefficient (Wildman–Crippen LogP) is 4.43. The second-order valence-corrected chi connectivity index (χ2v) is 7.50. The van der Waals surface area contributed by atoms with Crippen LogP contribution in [0.4, 0.5) is 10.5 Å². The number of amides is 1. The zero-order chi connectivity index (χ0) is 15.3. The molecule has 0 aliphatic heterocycles. The number of carboxylic acid groups (broad SMARTS) is 1. The lowest BCUT2D eigenvalue weighted by Crippen LogP contribution is -2.28. The molecule has 1 aromatic rings. The van der Waals surface area contributed by atoms with E-state index in [0.717, 1.165) is 4.67 Å². The second-order valence-electron chi connectivity index (χ2n) is 3.83. The third kappa shape index (κ3) is 3.93. The zero-order valence-electron chi connectivity index (χ0n) is 11.5. The molecule has 0 aliphatic carbocycles. The minimum absolute atomic E-state index is 0.272. The van der Waals surface area contributed by atoms with Crippen molar-refractivity contribution in [3.8, 4) is 0 Å². The largest absolute Gasteiger partial charge is 0.464 e. The number of nitrogens with zero attached hydrogens (tertiary/aromatic N) is 1. The molecule has 20 heavy (non-hydrogen) atoms. The fourth-order valence-electron chi connectivity index (χ4n) is 1.68. The molecule has 1 aromatic carbocycles. The van der Waals surface area contributed by atoms with E-state index in [4.69, 9.17) is 32.5 Å². The summed E-state index contributed by atoms with van der Waals surface area (Å²) in [5, 5.41) is 10.0. The molecule has 0 unspecified atom stereocenters. The van der Waals surface area contributed by atoms with Gasteiger partial charge in [-0.05, 0) is 56.3 Å². The van der Waals surface area contributed by atoms with Crippen LogP contribution in [0, 0.1) is 6.92 Å². The highest BCUT2D eigenvalue weighted by molar-refractivity contribution is 8.10. The molecular formula is C12H17ClNO4PS. The maximum absolute atomic E-state index is 11.6. The van der Waals surface area contributed by atoms with E-state index in [1.54, 1.807) is 39.0 Å². The van der Waals surface area contributed by atoms with Crippen LogP contribution in [-0.4, -0.2) is 24.4 Å². The number of hydrogen-bond donors (Lipinski definition) is 1. The van der Waals surface area contributed by atoms with Gasteiger partial charge in [-0.25, -0.2) is 9.46 Å². The summed E-state index contributed by atoms with van der Waals surface area (Å²) in [4.78, 5) is 11.6. The molecule has 0 radical (unpaired) electrons. The average Bonchev–Trinajstić information content (AvgIpc) is 2.32. The zero-order valence-corrected chi connectivity index (χ0v) is 14.0. The van der Waals surface area contributed by atoms with Crippen LogP contribution in [0.15, 0.2) is 18.2 Å². The van der Waals surface area contributed by atoms with Gasteiger partial charge in [-0.2, -0.15) is 0 Å². The molecule has 0 bridgehead atoms. The van der Waals surface area contributed by atoms with E-state index in [0.29, 0.717) is 16.3 Å². The third-order valence-electron chi connectivity index (χ3n) is 2.40. The van der Waals surface area contributed by atoms with E-state index in [1.807, 2.05) is 0 Å². The maximum Gasteiger partial charge on any atom is 0.419 e. The molecule has 0 saturated carbocycles. The smallest absolute Gasteiger partial charge is 0.419 e. The Morgan fingerprint density at radius 2 is 1.95 bits per heavy atom. The van der Waals surface area contributed by atoms with E-state index in [9.17, 15) is 9.90 Å². The molecule has 0 spiro atoms. The average molecular weight is 338 g/mol. The predicted molar refractivity (Wildman–Crippen MR) is 84.2 cm³/mol. The molecule has 0 fully saturated rings. The van der Waals surface area contributed by atoms with Crippen molar-refractivity contribution < 1.29 is 18.9 Å². The molecule has 1 amide bonds. The summed E-state index contributed by atoms with van der Waals surface area (Å²) in [7, 11) is 0. The first-order valence-electron chi connectivity index (χ1n) is 6.04. The van der Waals surface area contributed by atoms with Gasteiger partial charge in [0.1, 0.15) is 0 Å². The summed E-state index contributed by atoms with van der Waals surface area (Å²) < 4.78 is 11.9. The number of halogens is 1. The van der Waals surface area contributed by atoms with Gasteiger partial charge in [-0.15, -0.1) is 0 Å².